The van der Waals surface area contributed by atoms with Crippen LogP contribution in [-0.4, -0.2) is 0 Å². The number of hydrogen-bond donors (Lipinski definition) is 0. The topological polar surface area (TPSA) is 0 Å². The van der Waals surface area contributed by atoms with Gasteiger partial charge in [0.25, 0.3) is 0 Å². The van der Waals surface area contributed by atoms with Crippen molar-refractivity contribution in [1.82, 2.24) is 0 Å². The van der Waals surface area contributed by atoms with Crippen molar-refractivity contribution in [3.8, 4) is 0 Å². The minimum Gasteiger partial charge on any atom is -0.131 e. The summed E-state index contributed by atoms with van der Waals surface area (Å²) in [7, 11) is 0. The predicted octanol–water partition coefficient (Wildman–Crippen LogP) is 6.69. The molecular weight excluding hydrogens is 440 g/mol. The highest BCUT2D eigenvalue weighted by atomic mass is 79.9. The molecule has 1 aromatic carbocycles. The molecular formula is C14H13Br3S. The molecule has 0 amide bonds. The van der Waals surface area contributed by atoms with Crippen molar-refractivity contribution in [3.05, 3.63) is 55.1 Å². The number of hydrogen-bond acceptors (Lipinski definition) is 1. The Labute approximate surface area is 137 Å². The van der Waals surface area contributed by atoms with Gasteiger partial charge in [-0.15, -0.1) is 11.3 Å². The lowest BCUT2D eigenvalue weighted by atomic mass is 9.81. The second kappa shape index (κ2) is 5.78. The maximum absolute atomic E-state index is 3.86. The van der Waals surface area contributed by atoms with Crippen molar-refractivity contribution in [2.24, 2.45) is 0 Å². The van der Waals surface area contributed by atoms with Crippen molar-refractivity contribution < 1.29 is 0 Å². The first kappa shape index (κ1) is 14.8. The van der Waals surface area contributed by atoms with E-state index in [4.69, 9.17) is 0 Å². The molecule has 0 fully saturated rings. The van der Waals surface area contributed by atoms with Crippen LogP contribution in [0.5, 0.6) is 0 Å². The zero-order chi connectivity index (χ0) is 13.3. The van der Waals surface area contributed by atoms with E-state index in [9.17, 15) is 0 Å². The Bertz CT molecular complexity index is 512. The molecule has 96 valence electrons. The molecule has 4 heteroatoms. The number of thiophene rings is 1. The van der Waals surface area contributed by atoms with E-state index in [-0.39, 0.29) is 5.41 Å². The Morgan fingerprint density at radius 2 is 1.72 bits per heavy atom. The van der Waals surface area contributed by atoms with Crippen LogP contribution in [-0.2, 0) is 5.41 Å². The number of benzene rings is 1. The van der Waals surface area contributed by atoms with Gasteiger partial charge in [0.2, 0.25) is 0 Å². The maximum atomic E-state index is 3.86. The Kier molecular flexibility index (Phi) is 4.74. The summed E-state index contributed by atoms with van der Waals surface area (Å²) in [6.07, 6.45) is 0. The predicted molar refractivity (Wildman–Crippen MR) is 90.9 cm³/mol. The van der Waals surface area contributed by atoms with Crippen molar-refractivity contribution in [2.75, 3.05) is 0 Å². The van der Waals surface area contributed by atoms with Crippen LogP contribution in [0.4, 0.5) is 0 Å². The maximum Gasteiger partial charge on any atom is 0.0843 e. The van der Waals surface area contributed by atoms with Gasteiger partial charge < -0.3 is 0 Å². The van der Waals surface area contributed by atoms with Gasteiger partial charge in [-0.2, -0.15) is 0 Å². The molecule has 1 aromatic heterocycles. The third kappa shape index (κ3) is 2.92. The summed E-state index contributed by atoms with van der Waals surface area (Å²) in [5.41, 5.74) is 1.39. The molecule has 2 rings (SSSR count). The number of rotatable bonds is 3. The van der Waals surface area contributed by atoms with Crippen LogP contribution in [0.25, 0.3) is 0 Å². The lowest BCUT2D eigenvalue weighted by Crippen LogP contribution is -2.22. The molecule has 2 aromatic rings. The molecule has 0 aliphatic heterocycles. The van der Waals surface area contributed by atoms with E-state index in [2.05, 4.69) is 98.0 Å². The van der Waals surface area contributed by atoms with Gasteiger partial charge in [-0.3, -0.25) is 0 Å². The van der Waals surface area contributed by atoms with Crippen LogP contribution in [0, 0.1) is 0 Å². The summed E-state index contributed by atoms with van der Waals surface area (Å²) < 4.78 is 2.27. The van der Waals surface area contributed by atoms with Gasteiger partial charge in [-0.25, -0.2) is 0 Å². The van der Waals surface area contributed by atoms with Crippen molar-refractivity contribution in [2.45, 2.75) is 24.1 Å². The van der Waals surface area contributed by atoms with Crippen LogP contribution in [0.3, 0.4) is 0 Å². The highest BCUT2D eigenvalue weighted by Crippen LogP contribution is 2.47. The molecule has 1 heterocycles. The minimum absolute atomic E-state index is 0.0466. The molecule has 0 radical (unpaired) electrons. The Morgan fingerprint density at radius 3 is 2.22 bits per heavy atom. The molecule has 0 N–H and O–H groups in total. The van der Waals surface area contributed by atoms with Gasteiger partial charge in [0.1, 0.15) is 0 Å². The van der Waals surface area contributed by atoms with Crippen molar-refractivity contribution in [1.29, 1.82) is 0 Å². The summed E-state index contributed by atoms with van der Waals surface area (Å²) >= 11 is 12.7. The van der Waals surface area contributed by atoms with Gasteiger partial charge >= 0.3 is 0 Å². The van der Waals surface area contributed by atoms with Crippen LogP contribution in [0.15, 0.2) is 44.7 Å². The van der Waals surface area contributed by atoms with E-state index < -0.39 is 0 Å². The number of halogens is 3. The average Bonchev–Trinajstić information content (AvgIpc) is 2.69. The van der Waals surface area contributed by atoms with Crippen LogP contribution < -0.4 is 0 Å². The first-order valence-electron chi connectivity index (χ1n) is 5.57. The second-order valence-corrected chi connectivity index (χ2v) is 8.89. The quantitative estimate of drug-likeness (QED) is 0.455. The van der Waals surface area contributed by atoms with E-state index in [1.807, 2.05) is 0 Å². The zero-order valence-electron chi connectivity index (χ0n) is 10.1. The molecule has 0 aliphatic rings. The molecule has 0 nitrogen and oxygen atoms in total. The van der Waals surface area contributed by atoms with Crippen LogP contribution in [0.2, 0.25) is 0 Å². The van der Waals surface area contributed by atoms with Gasteiger partial charge in [0.05, 0.1) is 8.61 Å². The summed E-state index contributed by atoms with van der Waals surface area (Å²) in [5.74, 6) is 0. The molecule has 1 unspecified atom stereocenters. The standard InChI is InChI=1S/C14H13Br3S/c1-14(2,9-6-4-3-5-7-9)12(16)11-8-10(15)13(17)18-11/h3-8,12H,1-2H3. The van der Waals surface area contributed by atoms with Gasteiger partial charge in [0, 0.05) is 14.8 Å². The fourth-order valence-electron chi connectivity index (χ4n) is 1.86. The molecule has 0 saturated heterocycles. The first-order valence-corrected chi connectivity index (χ1v) is 8.89. The lowest BCUT2D eigenvalue weighted by Gasteiger charge is -2.30. The largest absolute Gasteiger partial charge is 0.131 e. The van der Waals surface area contributed by atoms with Gasteiger partial charge in [-0.05, 0) is 43.5 Å². The van der Waals surface area contributed by atoms with Crippen LogP contribution in [0.1, 0.15) is 29.1 Å². The summed E-state index contributed by atoms with van der Waals surface area (Å²) in [6.45, 7) is 4.53. The highest BCUT2D eigenvalue weighted by Gasteiger charge is 2.31. The fraction of sp³-hybridized carbons (Fsp3) is 0.286. The van der Waals surface area contributed by atoms with Crippen LogP contribution >= 0.6 is 59.1 Å². The lowest BCUT2D eigenvalue weighted by molar-refractivity contribution is 0.522. The molecule has 1 atom stereocenters. The van der Waals surface area contributed by atoms with E-state index in [0.29, 0.717) is 4.83 Å². The fourth-order valence-corrected chi connectivity index (χ4v) is 4.79. The summed E-state index contributed by atoms with van der Waals surface area (Å²) in [6, 6.07) is 12.8. The van der Waals surface area contributed by atoms with E-state index in [0.717, 1.165) is 8.26 Å². The monoisotopic (exact) mass is 450 g/mol. The molecule has 0 spiro atoms. The van der Waals surface area contributed by atoms with E-state index in [1.54, 1.807) is 11.3 Å². The average molecular weight is 453 g/mol. The highest BCUT2D eigenvalue weighted by molar-refractivity contribution is 9.13. The van der Waals surface area contributed by atoms with Crippen molar-refractivity contribution in [3.63, 3.8) is 0 Å². The molecule has 0 saturated carbocycles. The Balaban J connectivity index is 2.35. The molecule has 0 aliphatic carbocycles. The second-order valence-electron chi connectivity index (χ2n) is 4.72. The van der Waals surface area contributed by atoms with E-state index >= 15 is 0 Å². The third-order valence-corrected chi connectivity index (χ3v) is 8.33. The van der Waals surface area contributed by atoms with Gasteiger partial charge in [-0.1, -0.05) is 60.1 Å². The third-order valence-electron chi connectivity index (χ3n) is 3.07. The molecule has 0 bridgehead atoms. The Morgan fingerprint density at radius 1 is 1.11 bits per heavy atom. The smallest absolute Gasteiger partial charge is 0.0843 e. The zero-order valence-corrected chi connectivity index (χ0v) is 15.7. The molecule has 18 heavy (non-hydrogen) atoms. The minimum atomic E-state index is 0.0466. The number of alkyl halides is 1. The first-order chi connectivity index (χ1) is 8.43. The Hall–Kier alpha value is 0.360. The SMILES string of the molecule is CC(C)(c1ccccc1)C(Br)c1cc(Br)c(Br)s1. The summed E-state index contributed by atoms with van der Waals surface area (Å²) in [4.78, 5) is 1.61. The van der Waals surface area contributed by atoms with Crippen molar-refractivity contribution >= 4 is 59.1 Å². The van der Waals surface area contributed by atoms with E-state index in [1.165, 1.54) is 10.4 Å². The normalized spacial score (nSPS) is 13.6. The van der Waals surface area contributed by atoms with Gasteiger partial charge in [0.15, 0.2) is 0 Å². The summed E-state index contributed by atoms with van der Waals surface area (Å²) in [5, 5.41) is 0.